The molecule has 1 fully saturated rings. The predicted molar refractivity (Wildman–Crippen MR) is 110 cm³/mol. The molecular formula is C21H21NO4S2. The molecule has 1 saturated heterocycles. The van der Waals surface area contributed by atoms with Crippen LogP contribution in [0, 0.1) is 5.92 Å². The van der Waals surface area contributed by atoms with Crippen molar-refractivity contribution in [2.75, 3.05) is 19.0 Å². The number of rotatable bonds is 6. The van der Waals surface area contributed by atoms with Crippen LogP contribution in [-0.2, 0) is 14.6 Å². The molecular weight excluding hydrogens is 394 g/mol. The maximum absolute atomic E-state index is 12.6. The fourth-order valence-electron chi connectivity index (χ4n) is 3.20. The topological polar surface area (TPSA) is 65.5 Å². The van der Waals surface area contributed by atoms with Gasteiger partial charge in [0.1, 0.15) is 16.5 Å². The van der Waals surface area contributed by atoms with E-state index in [1.165, 1.54) is 0 Å². The third-order valence-corrected chi connectivity index (χ3v) is 7.47. The van der Waals surface area contributed by atoms with E-state index in [0.29, 0.717) is 29.6 Å². The molecule has 1 aliphatic rings. The Kier molecular flexibility index (Phi) is 5.75. The lowest BCUT2D eigenvalue weighted by atomic mass is 10.0. The van der Waals surface area contributed by atoms with Crippen molar-refractivity contribution in [1.82, 2.24) is 4.98 Å². The van der Waals surface area contributed by atoms with Crippen LogP contribution in [0.3, 0.4) is 0 Å². The molecule has 0 unspecified atom stereocenters. The van der Waals surface area contributed by atoms with Crippen LogP contribution in [0.2, 0.25) is 0 Å². The molecule has 2 heterocycles. The highest BCUT2D eigenvalue weighted by atomic mass is 32.2. The zero-order valence-electron chi connectivity index (χ0n) is 15.3. The molecule has 0 aliphatic carbocycles. The van der Waals surface area contributed by atoms with E-state index in [9.17, 15) is 8.42 Å². The monoisotopic (exact) mass is 415 g/mol. The van der Waals surface area contributed by atoms with E-state index < -0.39 is 9.84 Å². The lowest BCUT2D eigenvalue weighted by Gasteiger charge is -2.21. The minimum Gasteiger partial charge on any atom is -0.457 e. The van der Waals surface area contributed by atoms with Gasteiger partial charge in [-0.1, -0.05) is 0 Å². The molecule has 0 spiro atoms. The zero-order chi connectivity index (χ0) is 19.4. The summed E-state index contributed by atoms with van der Waals surface area (Å²) < 4.78 is 36.4. The van der Waals surface area contributed by atoms with E-state index in [4.69, 9.17) is 9.47 Å². The first-order valence-corrected chi connectivity index (χ1v) is 11.7. The minimum atomic E-state index is -3.30. The van der Waals surface area contributed by atoms with Crippen molar-refractivity contribution in [1.29, 1.82) is 0 Å². The van der Waals surface area contributed by atoms with E-state index in [1.807, 2.05) is 29.6 Å². The molecule has 0 saturated carbocycles. The fraction of sp³-hybridized carbons (Fsp3) is 0.286. The van der Waals surface area contributed by atoms with Gasteiger partial charge in [0.2, 0.25) is 0 Å². The number of hydrogen-bond donors (Lipinski definition) is 0. The molecule has 5 nitrogen and oxygen atoms in total. The number of thiazole rings is 1. The molecule has 4 rings (SSSR count). The van der Waals surface area contributed by atoms with Gasteiger partial charge in [0.25, 0.3) is 0 Å². The normalized spacial score (nSPS) is 15.4. The number of nitrogens with zero attached hydrogens (tertiary/aromatic N) is 1. The second-order valence-corrected chi connectivity index (χ2v) is 9.70. The van der Waals surface area contributed by atoms with Crippen molar-refractivity contribution in [3.63, 3.8) is 0 Å². The lowest BCUT2D eigenvalue weighted by molar-refractivity contribution is 0.0723. The molecule has 0 N–H and O–H groups in total. The van der Waals surface area contributed by atoms with Crippen molar-refractivity contribution >= 4 is 21.2 Å². The molecule has 0 amide bonds. The molecule has 7 heteroatoms. The van der Waals surface area contributed by atoms with Gasteiger partial charge in [-0.25, -0.2) is 13.4 Å². The first-order chi connectivity index (χ1) is 13.6. The minimum absolute atomic E-state index is 0.172. The molecule has 0 radical (unpaired) electrons. The number of aromatic nitrogens is 1. The Balaban J connectivity index is 1.41. The van der Waals surface area contributed by atoms with Crippen molar-refractivity contribution in [3.8, 4) is 22.1 Å². The summed E-state index contributed by atoms with van der Waals surface area (Å²) in [5.41, 5.74) is 1.04. The van der Waals surface area contributed by atoms with Crippen LogP contribution >= 0.6 is 11.3 Å². The van der Waals surface area contributed by atoms with Gasteiger partial charge >= 0.3 is 0 Å². The summed E-state index contributed by atoms with van der Waals surface area (Å²) in [6.45, 7) is 1.29. The summed E-state index contributed by atoms with van der Waals surface area (Å²) in [6.07, 6.45) is 3.39. The Morgan fingerprint density at radius 2 is 1.64 bits per heavy atom. The first kappa shape index (κ1) is 19.1. The van der Waals surface area contributed by atoms with Gasteiger partial charge in [-0.2, -0.15) is 0 Å². The molecule has 1 aliphatic heterocycles. The smallest absolute Gasteiger partial charge is 0.178 e. The summed E-state index contributed by atoms with van der Waals surface area (Å²) in [7, 11) is -3.30. The van der Waals surface area contributed by atoms with Crippen LogP contribution < -0.4 is 4.74 Å². The van der Waals surface area contributed by atoms with Crippen LogP contribution in [0.25, 0.3) is 10.6 Å². The summed E-state index contributed by atoms with van der Waals surface area (Å²) in [6, 6.07) is 14.3. The summed E-state index contributed by atoms with van der Waals surface area (Å²) in [4.78, 5) is 4.63. The van der Waals surface area contributed by atoms with Crippen LogP contribution in [0.4, 0.5) is 0 Å². The van der Waals surface area contributed by atoms with Crippen LogP contribution in [0.15, 0.2) is 65.0 Å². The van der Waals surface area contributed by atoms with Gasteiger partial charge in [-0.3, -0.25) is 0 Å². The summed E-state index contributed by atoms with van der Waals surface area (Å²) >= 11 is 1.59. The summed E-state index contributed by atoms with van der Waals surface area (Å²) in [5.74, 6) is 1.64. The zero-order valence-corrected chi connectivity index (χ0v) is 16.9. The molecule has 2 aromatic carbocycles. The van der Waals surface area contributed by atoms with Gasteiger partial charge in [0, 0.05) is 30.4 Å². The van der Waals surface area contributed by atoms with Crippen LogP contribution in [0.1, 0.15) is 12.8 Å². The largest absolute Gasteiger partial charge is 0.457 e. The third-order valence-electron chi connectivity index (χ3n) is 4.75. The first-order valence-electron chi connectivity index (χ1n) is 9.18. The van der Waals surface area contributed by atoms with Crippen LogP contribution in [0.5, 0.6) is 11.5 Å². The highest BCUT2D eigenvalue weighted by Crippen LogP contribution is 2.28. The maximum atomic E-state index is 12.6. The Hall–Kier alpha value is -2.22. The molecule has 1 aromatic heterocycles. The van der Waals surface area contributed by atoms with E-state index >= 15 is 0 Å². The highest BCUT2D eigenvalue weighted by molar-refractivity contribution is 7.91. The van der Waals surface area contributed by atoms with Crippen molar-refractivity contribution in [3.05, 3.63) is 60.1 Å². The lowest BCUT2D eigenvalue weighted by Crippen LogP contribution is -2.23. The van der Waals surface area contributed by atoms with E-state index in [-0.39, 0.29) is 11.7 Å². The third kappa shape index (κ3) is 4.60. The summed E-state index contributed by atoms with van der Waals surface area (Å²) in [5, 5.41) is 2.91. The van der Waals surface area contributed by atoms with Gasteiger partial charge in [-0.05, 0) is 67.3 Å². The number of sulfone groups is 1. The number of hydrogen-bond acceptors (Lipinski definition) is 6. The Morgan fingerprint density at radius 1 is 1.00 bits per heavy atom. The van der Waals surface area contributed by atoms with Crippen molar-refractivity contribution < 1.29 is 17.9 Å². The Morgan fingerprint density at radius 3 is 2.25 bits per heavy atom. The second kappa shape index (κ2) is 8.43. The van der Waals surface area contributed by atoms with E-state index in [0.717, 1.165) is 23.4 Å². The van der Waals surface area contributed by atoms with Crippen LogP contribution in [-0.4, -0.2) is 32.4 Å². The molecule has 146 valence electrons. The van der Waals surface area contributed by atoms with Gasteiger partial charge in [-0.15, -0.1) is 11.3 Å². The van der Waals surface area contributed by atoms with Crippen molar-refractivity contribution in [2.45, 2.75) is 17.7 Å². The second-order valence-electron chi connectivity index (χ2n) is 6.77. The van der Waals surface area contributed by atoms with Gasteiger partial charge in [0.05, 0.1) is 10.6 Å². The average molecular weight is 416 g/mol. The Bertz CT molecular complexity index is 992. The molecule has 0 atom stereocenters. The fourth-order valence-corrected chi connectivity index (χ4v) is 5.54. The SMILES string of the molecule is O=S(=O)(CC1CCOCC1)c1ccc(Oc2ccc(-c3nccs3)cc2)cc1. The molecule has 28 heavy (non-hydrogen) atoms. The number of benzene rings is 2. The van der Waals surface area contributed by atoms with Gasteiger partial charge < -0.3 is 9.47 Å². The average Bonchev–Trinajstić information content (AvgIpc) is 3.24. The quantitative estimate of drug-likeness (QED) is 0.578. The predicted octanol–water partition coefficient (Wildman–Crippen LogP) is 4.80. The Labute approximate surface area is 168 Å². The highest BCUT2D eigenvalue weighted by Gasteiger charge is 2.23. The van der Waals surface area contributed by atoms with E-state index in [1.54, 1.807) is 41.8 Å². The van der Waals surface area contributed by atoms with E-state index in [2.05, 4.69) is 4.98 Å². The standard InChI is InChI=1S/C21H21NO4S2/c23-28(24,15-16-9-12-25-13-10-16)20-7-5-19(6-8-20)26-18-3-1-17(2-4-18)21-22-11-14-27-21/h1-8,11,14,16H,9-10,12-13,15H2. The molecule has 3 aromatic rings. The van der Waals surface area contributed by atoms with Gasteiger partial charge in [0.15, 0.2) is 9.84 Å². The van der Waals surface area contributed by atoms with Crippen molar-refractivity contribution in [2.24, 2.45) is 5.92 Å². The maximum Gasteiger partial charge on any atom is 0.178 e. The molecule has 0 bridgehead atoms. The number of ether oxygens (including phenoxy) is 2.